The van der Waals surface area contributed by atoms with Crippen LogP contribution in [0, 0.1) is 24.2 Å². The van der Waals surface area contributed by atoms with E-state index >= 15 is 0 Å². The van der Waals surface area contributed by atoms with Crippen LogP contribution in [0.4, 0.5) is 0 Å². The number of benzene rings is 1. The third kappa shape index (κ3) is 3.26. The van der Waals surface area contributed by atoms with E-state index in [1.807, 2.05) is 43.3 Å². The van der Waals surface area contributed by atoms with Gasteiger partial charge in [-0.05, 0) is 48.9 Å². The molecular weight excluding hydrogens is 276 g/mol. The number of ether oxygens (including phenoxy) is 1. The van der Waals surface area contributed by atoms with Crippen LogP contribution in [-0.2, 0) is 11.3 Å². The summed E-state index contributed by atoms with van der Waals surface area (Å²) < 4.78 is 5.71. The molecule has 1 aliphatic rings. The first-order valence-electron chi connectivity index (χ1n) is 7.48. The highest BCUT2D eigenvalue weighted by Crippen LogP contribution is 2.29. The first-order chi connectivity index (χ1) is 10.7. The van der Waals surface area contributed by atoms with Gasteiger partial charge in [0, 0.05) is 17.9 Å². The number of nitrogens with one attached hydrogen (secondary N) is 1. The van der Waals surface area contributed by atoms with Gasteiger partial charge in [-0.25, -0.2) is 0 Å². The van der Waals surface area contributed by atoms with E-state index in [-0.39, 0.29) is 11.1 Å². The number of hydrogen-bond acceptors (Lipinski definition) is 3. The molecule has 1 aromatic heterocycles. The summed E-state index contributed by atoms with van der Waals surface area (Å²) >= 11 is 0. The number of hydrogen-bond donors (Lipinski definition) is 1. The van der Waals surface area contributed by atoms with Gasteiger partial charge in [0.1, 0.15) is 11.6 Å². The van der Waals surface area contributed by atoms with Crippen molar-refractivity contribution in [1.82, 2.24) is 4.98 Å². The molecule has 0 spiro atoms. The van der Waals surface area contributed by atoms with Gasteiger partial charge in [-0.3, -0.25) is 4.79 Å². The zero-order valence-corrected chi connectivity index (χ0v) is 12.6. The van der Waals surface area contributed by atoms with Crippen LogP contribution in [0.5, 0.6) is 0 Å². The Morgan fingerprint density at radius 1 is 1.36 bits per heavy atom. The normalized spacial score (nSPS) is 13.8. The van der Waals surface area contributed by atoms with E-state index in [9.17, 15) is 10.1 Å². The van der Waals surface area contributed by atoms with Crippen LogP contribution in [0.2, 0.25) is 0 Å². The maximum absolute atomic E-state index is 11.9. The zero-order chi connectivity index (χ0) is 15.5. The SMILES string of the molecule is Cc1cc(-c2cccc(COCC3CC3)c2)c(C#N)c(=O)[nH]1. The monoisotopic (exact) mass is 294 g/mol. The van der Waals surface area contributed by atoms with E-state index in [1.54, 1.807) is 0 Å². The van der Waals surface area contributed by atoms with Gasteiger partial charge in [0.15, 0.2) is 0 Å². The van der Waals surface area contributed by atoms with Crippen LogP contribution in [0.3, 0.4) is 0 Å². The van der Waals surface area contributed by atoms with Crippen LogP contribution in [0.15, 0.2) is 35.1 Å². The molecule has 1 saturated carbocycles. The van der Waals surface area contributed by atoms with Crippen LogP contribution in [0.1, 0.15) is 29.7 Å². The van der Waals surface area contributed by atoms with Crippen molar-refractivity contribution in [2.24, 2.45) is 5.92 Å². The summed E-state index contributed by atoms with van der Waals surface area (Å²) in [7, 11) is 0. The summed E-state index contributed by atoms with van der Waals surface area (Å²) in [6, 6.07) is 11.7. The zero-order valence-electron chi connectivity index (χ0n) is 12.6. The molecule has 0 amide bonds. The number of rotatable bonds is 5. The highest BCUT2D eigenvalue weighted by Gasteiger charge is 2.21. The summed E-state index contributed by atoms with van der Waals surface area (Å²) in [5.74, 6) is 0.740. The molecule has 3 rings (SSSR count). The van der Waals surface area contributed by atoms with Gasteiger partial charge in [0.05, 0.1) is 6.61 Å². The van der Waals surface area contributed by atoms with E-state index < -0.39 is 0 Å². The van der Waals surface area contributed by atoms with Crippen molar-refractivity contribution >= 4 is 0 Å². The molecule has 1 N–H and O–H groups in total. The molecule has 0 bridgehead atoms. The molecule has 22 heavy (non-hydrogen) atoms. The smallest absolute Gasteiger partial charge is 0.266 e. The summed E-state index contributed by atoms with van der Waals surface area (Å²) in [5.41, 5.74) is 3.16. The molecule has 0 atom stereocenters. The van der Waals surface area contributed by atoms with Crippen molar-refractivity contribution in [3.05, 3.63) is 57.5 Å². The fourth-order valence-electron chi connectivity index (χ4n) is 2.48. The van der Waals surface area contributed by atoms with Crippen molar-refractivity contribution in [2.45, 2.75) is 26.4 Å². The highest BCUT2D eigenvalue weighted by molar-refractivity contribution is 5.70. The van der Waals surface area contributed by atoms with Crippen molar-refractivity contribution in [3.8, 4) is 17.2 Å². The third-order valence-corrected chi connectivity index (χ3v) is 3.84. The average Bonchev–Trinajstić information content (AvgIpc) is 3.31. The average molecular weight is 294 g/mol. The van der Waals surface area contributed by atoms with Crippen LogP contribution in [0.25, 0.3) is 11.1 Å². The first-order valence-corrected chi connectivity index (χ1v) is 7.48. The van der Waals surface area contributed by atoms with Crippen molar-refractivity contribution in [3.63, 3.8) is 0 Å². The highest BCUT2D eigenvalue weighted by atomic mass is 16.5. The Balaban J connectivity index is 1.88. The Morgan fingerprint density at radius 2 is 2.18 bits per heavy atom. The molecule has 0 saturated heterocycles. The number of aromatic nitrogens is 1. The van der Waals surface area contributed by atoms with E-state index in [1.165, 1.54) is 12.8 Å². The minimum atomic E-state index is -0.340. The van der Waals surface area contributed by atoms with Gasteiger partial charge < -0.3 is 9.72 Å². The first kappa shape index (κ1) is 14.6. The van der Waals surface area contributed by atoms with Crippen molar-refractivity contribution < 1.29 is 4.74 Å². The Kier molecular flexibility index (Phi) is 4.08. The van der Waals surface area contributed by atoms with Gasteiger partial charge in [0.25, 0.3) is 5.56 Å². The van der Waals surface area contributed by atoms with Gasteiger partial charge in [0.2, 0.25) is 0 Å². The fraction of sp³-hybridized carbons (Fsp3) is 0.333. The second kappa shape index (κ2) is 6.17. The molecule has 4 heteroatoms. The molecule has 1 fully saturated rings. The van der Waals surface area contributed by atoms with Crippen molar-refractivity contribution in [2.75, 3.05) is 6.61 Å². The second-order valence-corrected chi connectivity index (χ2v) is 5.84. The summed E-state index contributed by atoms with van der Waals surface area (Å²) in [4.78, 5) is 14.6. The Bertz CT molecular complexity index is 782. The molecule has 1 aliphatic carbocycles. The fourth-order valence-corrected chi connectivity index (χ4v) is 2.48. The maximum atomic E-state index is 11.9. The lowest BCUT2D eigenvalue weighted by atomic mass is 9.99. The predicted molar refractivity (Wildman–Crippen MR) is 84.3 cm³/mol. The molecular formula is C18H18N2O2. The maximum Gasteiger partial charge on any atom is 0.266 e. The lowest BCUT2D eigenvalue weighted by Crippen LogP contribution is -2.12. The van der Waals surface area contributed by atoms with Gasteiger partial charge in [-0.2, -0.15) is 5.26 Å². The lowest BCUT2D eigenvalue weighted by Gasteiger charge is -2.08. The Morgan fingerprint density at radius 3 is 2.91 bits per heavy atom. The lowest BCUT2D eigenvalue weighted by molar-refractivity contribution is 0.111. The van der Waals surface area contributed by atoms with Crippen molar-refractivity contribution in [1.29, 1.82) is 5.26 Å². The molecule has 0 aliphatic heterocycles. The number of aromatic amines is 1. The molecule has 4 nitrogen and oxygen atoms in total. The second-order valence-electron chi connectivity index (χ2n) is 5.84. The Labute approximate surface area is 129 Å². The van der Waals surface area contributed by atoms with Crippen LogP contribution < -0.4 is 5.56 Å². The van der Waals surface area contributed by atoms with E-state index in [4.69, 9.17) is 4.74 Å². The van der Waals surface area contributed by atoms with E-state index in [2.05, 4.69) is 4.98 Å². The summed E-state index contributed by atoms with van der Waals surface area (Å²) in [5, 5.41) is 9.24. The number of aryl methyl sites for hydroxylation is 1. The quantitative estimate of drug-likeness (QED) is 0.921. The third-order valence-electron chi connectivity index (χ3n) is 3.84. The largest absolute Gasteiger partial charge is 0.376 e. The number of pyridine rings is 1. The van der Waals surface area contributed by atoms with E-state index in [0.717, 1.165) is 29.3 Å². The summed E-state index contributed by atoms with van der Waals surface area (Å²) in [6.07, 6.45) is 2.55. The van der Waals surface area contributed by atoms with Gasteiger partial charge in [-0.1, -0.05) is 18.2 Å². The van der Waals surface area contributed by atoms with E-state index in [0.29, 0.717) is 12.2 Å². The minimum absolute atomic E-state index is 0.154. The molecule has 112 valence electrons. The molecule has 1 aromatic carbocycles. The molecule has 0 unspecified atom stereocenters. The number of nitrogens with zero attached hydrogens (tertiary/aromatic N) is 1. The molecule has 0 radical (unpaired) electrons. The summed E-state index contributed by atoms with van der Waals surface area (Å²) in [6.45, 7) is 3.20. The van der Waals surface area contributed by atoms with Crippen LogP contribution >= 0.6 is 0 Å². The van der Waals surface area contributed by atoms with Crippen LogP contribution in [-0.4, -0.2) is 11.6 Å². The standard InChI is InChI=1S/C18H18N2O2/c1-12-7-16(17(9-19)18(21)20-12)15-4-2-3-14(8-15)11-22-10-13-5-6-13/h2-4,7-8,13H,5-6,10-11H2,1H3,(H,20,21). The topological polar surface area (TPSA) is 65.9 Å². The predicted octanol–water partition coefficient (Wildman–Crippen LogP) is 3.15. The molecule has 1 heterocycles. The number of H-pyrrole nitrogens is 1. The number of nitriles is 1. The molecule has 2 aromatic rings. The Hall–Kier alpha value is -2.38. The van der Waals surface area contributed by atoms with Gasteiger partial charge >= 0.3 is 0 Å². The minimum Gasteiger partial charge on any atom is -0.376 e. The van der Waals surface area contributed by atoms with Gasteiger partial charge in [-0.15, -0.1) is 0 Å².